The maximum Gasteiger partial charge on any atom is 0.433 e. The monoisotopic (exact) mass is 379 g/mol. The first-order valence-electron chi connectivity index (χ1n) is 8.47. The Morgan fingerprint density at radius 3 is 2.52 bits per heavy atom. The third kappa shape index (κ3) is 6.24. The van der Waals surface area contributed by atoms with Gasteiger partial charge in [-0.3, -0.25) is 0 Å². The van der Waals surface area contributed by atoms with Crippen molar-refractivity contribution in [1.29, 1.82) is 5.26 Å². The summed E-state index contributed by atoms with van der Waals surface area (Å²) in [4.78, 5) is 3.51. The number of rotatable bonds is 9. The Balaban J connectivity index is 2.22. The number of aliphatic hydroxyl groups excluding tert-OH is 1. The third-order valence-electron chi connectivity index (χ3n) is 3.79. The zero-order chi connectivity index (χ0) is 19.7. The van der Waals surface area contributed by atoms with E-state index in [4.69, 9.17) is 9.84 Å². The van der Waals surface area contributed by atoms with Gasteiger partial charge in [-0.15, -0.1) is 0 Å². The van der Waals surface area contributed by atoms with E-state index in [0.717, 1.165) is 17.7 Å². The van der Waals surface area contributed by atoms with Gasteiger partial charge in [-0.25, -0.2) is 4.98 Å². The van der Waals surface area contributed by atoms with E-state index in [-0.39, 0.29) is 18.1 Å². The lowest BCUT2D eigenvalue weighted by Gasteiger charge is -2.20. The van der Waals surface area contributed by atoms with Crippen LogP contribution in [0.2, 0.25) is 0 Å². The second kappa shape index (κ2) is 9.90. The highest BCUT2D eigenvalue weighted by Gasteiger charge is 2.33. The van der Waals surface area contributed by atoms with Gasteiger partial charge >= 0.3 is 6.18 Å². The number of nitriles is 1. The average molecular weight is 379 g/mol. The fourth-order valence-corrected chi connectivity index (χ4v) is 2.43. The summed E-state index contributed by atoms with van der Waals surface area (Å²) in [6, 6.07) is 12.7. The summed E-state index contributed by atoms with van der Waals surface area (Å²) in [7, 11) is 0. The molecule has 144 valence electrons. The van der Waals surface area contributed by atoms with Crippen molar-refractivity contribution in [3.05, 3.63) is 59.3 Å². The second-order valence-corrected chi connectivity index (χ2v) is 5.79. The number of ether oxygens (including phenoxy) is 1. The van der Waals surface area contributed by atoms with E-state index in [1.165, 1.54) is 0 Å². The van der Waals surface area contributed by atoms with Crippen molar-refractivity contribution in [1.82, 2.24) is 10.3 Å². The largest absolute Gasteiger partial charge is 0.468 e. The molecule has 2 aromatic rings. The fourth-order valence-electron chi connectivity index (χ4n) is 2.43. The molecule has 0 amide bonds. The highest BCUT2D eigenvalue weighted by Crippen LogP contribution is 2.32. The Labute approximate surface area is 155 Å². The maximum absolute atomic E-state index is 13.0. The van der Waals surface area contributed by atoms with Gasteiger partial charge in [-0.05, 0) is 37.2 Å². The first kappa shape index (κ1) is 20.7. The topological polar surface area (TPSA) is 78.2 Å². The minimum absolute atomic E-state index is 0.0582. The van der Waals surface area contributed by atoms with E-state index in [0.29, 0.717) is 25.9 Å². The summed E-state index contributed by atoms with van der Waals surface area (Å²) in [6.07, 6.45) is -4.14. The number of benzene rings is 1. The Kier molecular flexibility index (Phi) is 7.58. The second-order valence-electron chi connectivity index (χ2n) is 5.79. The van der Waals surface area contributed by atoms with E-state index < -0.39 is 18.0 Å². The van der Waals surface area contributed by atoms with Crippen LogP contribution in [-0.2, 0) is 6.18 Å². The van der Waals surface area contributed by atoms with Crippen LogP contribution in [0.5, 0.6) is 5.88 Å². The molecule has 2 N–H and O–H groups in total. The van der Waals surface area contributed by atoms with Crippen LogP contribution in [0.15, 0.2) is 42.5 Å². The van der Waals surface area contributed by atoms with Crippen molar-refractivity contribution in [3.8, 4) is 11.9 Å². The van der Waals surface area contributed by atoms with Crippen molar-refractivity contribution < 1.29 is 23.0 Å². The molecule has 1 atom stereocenters. The number of pyridine rings is 1. The lowest BCUT2D eigenvalue weighted by molar-refractivity contribution is -0.141. The molecule has 0 saturated heterocycles. The fraction of sp³-hybridized carbons (Fsp3) is 0.368. The molecule has 0 fully saturated rings. The van der Waals surface area contributed by atoms with Gasteiger partial charge in [-0.2, -0.15) is 18.4 Å². The Morgan fingerprint density at radius 2 is 1.89 bits per heavy atom. The quantitative estimate of drug-likeness (QED) is 0.653. The van der Waals surface area contributed by atoms with Crippen molar-refractivity contribution in [3.63, 3.8) is 0 Å². The molecule has 1 aromatic heterocycles. The number of hydrogen-bond acceptors (Lipinski definition) is 5. The van der Waals surface area contributed by atoms with Gasteiger partial charge in [0.05, 0.1) is 0 Å². The molecule has 0 bridgehead atoms. The molecule has 0 aliphatic heterocycles. The summed E-state index contributed by atoms with van der Waals surface area (Å²) in [5.74, 6) is -0.337. The summed E-state index contributed by atoms with van der Waals surface area (Å²) in [5, 5.41) is 21.1. The van der Waals surface area contributed by atoms with Crippen LogP contribution in [-0.4, -0.2) is 29.8 Å². The van der Waals surface area contributed by atoms with E-state index >= 15 is 0 Å². The molecule has 0 aliphatic rings. The average Bonchev–Trinajstić information content (AvgIpc) is 2.66. The smallest absolute Gasteiger partial charge is 0.433 e. The van der Waals surface area contributed by atoms with Crippen LogP contribution in [0.25, 0.3) is 0 Å². The zero-order valence-corrected chi connectivity index (χ0v) is 14.5. The lowest BCUT2D eigenvalue weighted by atomic mass is 10.1. The Hall–Kier alpha value is -2.63. The summed E-state index contributed by atoms with van der Waals surface area (Å²) < 4.78 is 44.6. The van der Waals surface area contributed by atoms with Gasteiger partial charge < -0.3 is 15.2 Å². The predicted molar refractivity (Wildman–Crippen MR) is 93.0 cm³/mol. The molecule has 2 rings (SSSR count). The number of nitrogens with zero attached hydrogens (tertiary/aromatic N) is 2. The van der Waals surface area contributed by atoms with Crippen LogP contribution >= 0.6 is 0 Å². The summed E-state index contributed by atoms with van der Waals surface area (Å²) in [6.45, 7) is 1.22. The maximum atomic E-state index is 13.0. The molecule has 0 unspecified atom stereocenters. The van der Waals surface area contributed by atoms with Gasteiger partial charge in [0.1, 0.15) is 23.4 Å². The van der Waals surface area contributed by atoms with Gasteiger partial charge in [0, 0.05) is 13.0 Å². The number of aliphatic hydroxyl groups is 1. The van der Waals surface area contributed by atoms with Gasteiger partial charge in [0.25, 0.3) is 0 Å². The Morgan fingerprint density at radius 1 is 1.15 bits per heavy atom. The third-order valence-corrected chi connectivity index (χ3v) is 3.79. The molecule has 0 aliphatic carbocycles. The number of nitrogens with one attached hydrogen (secondary N) is 1. The molecular formula is C19H20F3N3O2. The Bertz CT molecular complexity index is 761. The summed E-state index contributed by atoms with van der Waals surface area (Å²) >= 11 is 0. The molecule has 1 heterocycles. The summed E-state index contributed by atoms with van der Waals surface area (Å²) in [5.41, 5.74) is -0.397. The van der Waals surface area contributed by atoms with E-state index in [1.54, 1.807) is 24.3 Å². The standard InChI is InChI=1S/C19H20F3N3O2/c20-19(21,22)17-8-7-15(13-23)18(25-17)27-16(9-11-24-10-4-12-26)14-5-2-1-3-6-14/h1-3,5-8,16,24,26H,4,9-12H2/t16-/m1/s1. The normalized spacial score (nSPS) is 12.4. The number of aromatic nitrogens is 1. The van der Waals surface area contributed by atoms with Crippen LogP contribution in [0.3, 0.4) is 0 Å². The first-order valence-corrected chi connectivity index (χ1v) is 8.47. The van der Waals surface area contributed by atoms with Crippen molar-refractivity contribution in [2.24, 2.45) is 0 Å². The highest BCUT2D eigenvalue weighted by atomic mass is 19.4. The minimum Gasteiger partial charge on any atom is -0.468 e. The molecular weight excluding hydrogens is 359 g/mol. The van der Waals surface area contributed by atoms with Gasteiger partial charge in [0.15, 0.2) is 0 Å². The van der Waals surface area contributed by atoms with Crippen LogP contribution < -0.4 is 10.1 Å². The van der Waals surface area contributed by atoms with E-state index in [2.05, 4.69) is 10.3 Å². The van der Waals surface area contributed by atoms with Crippen LogP contribution in [0.1, 0.15) is 35.8 Å². The number of alkyl halides is 3. The number of halogens is 3. The van der Waals surface area contributed by atoms with Crippen molar-refractivity contribution >= 4 is 0 Å². The first-order chi connectivity index (χ1) is 13.0. The number of hydrogen-bond donors (Lipinski definition) is 2. The predicted octanol–water partition coefficient (Wildman–Crippen LogP) is 3.45. The lowest BCUT2D eigenvalue weighted by Crippen LogP contribution is -2.22. The molecule has 1 aromatic carbocycles. The van der Waals surface area contributed by atoms with Crippen molar-refractivity contribution in [2.45, 2.75) is 25.1 Å². The molecule has 8 heteroatoms. The van der Waals surface area contributed by atoms with Crippen LogP contribution in [0.4, 0.5) is 13.2 Å². The van der Waals surface area contributed by atoms with E-state index in [1.807, 2.05) is 12.1 Å². The van der Waals surface area contributed by atoms with Gasteiger partial charge in [0.2, 0.25) is 5.88 Å². The van der Waals surface area contributed by atoms with Crippen molar-refractivity contribution in [2.75, 3.05) is 19.7 Å². The molecule has 0 saturated carbocycles. The minimum atomic E-state index is -4.62. The van der Waals surface area contributed by atoms with Crippen LogP contribution in [0, 0.1) is 11.3 Å². The SMILES string of the molecule is N#Cc1ccc(C(F)(F)F)nc1O[C@H](CCNCCCO)c1ccccc1. The zero-order valence-electron chi connectivity index (χ0n) is 14.5. The van der Waals surface area contributed by atoms with E-state index in [9.17, 15) is 18.4 Å². The van der Waals surface area contributed by atoms with Gasteiger partial charge in [-0.1, -0.05) is 30.3 Å². The molecule has 27 heavy (non-hydrogen) atoms. The molecule has 0 spiro atoms. The molecule has 0 radical (unpaired) electrons. The molecule has 5 nitrogen and oxygen atoms in total. The highest BCUT2D eigenvalue weighted by molar-refractivity contribution is 5.39.